The Hall–Kier alpha value is -0.850. The van der Waals surface area contributed by atoms with Gasteiger partial charge in [0.15, 0.2) is 5.78 Å². The van der Waals surface area contributed by atoms with Gasteiger partial charge in [0.25, 0.3) is 0 Å². The van der Waals surface area contributed by atoms with Crippen LogP contribution in [0.2, 0.25) is 0 Å². The summed E-state index contributed by atoms with van der Waals surface area (Å²) in [7, 11) is 0. The predicted octanol–water partition coefficient (Wildman–Crippen LogP) is 4.19. The summed E-state index contributed by atoms with van der Waals surface area (Å²) in [5.74, 6) is 0.361. The summed E-state index contributed by atoms with van der Waals surface area (Å²) in [4.78, 5) is 11.5. The van der Waals surface area contributed by atoms with Crippen LogP contribution < -0.4 is 0 Å². The van der Waals surface area contributed by atoms with Gasteiger partial charge >= 0.3 is 0 Å². The molecule has 0 bridgehead atoms. The summed E-state index contributed by atoms with van der Waals surface area (Å²) in [6.45, 7) is 2.22. The topological polar surface area (TPSA) is 17.1 Å². The molecule has 0 aliphatic heterocycles. The van der Waals surface area contributed by atoms with Crippen molar-refractivity contribution in [2.24, 2.45) is 0 Å². The molecule has 0 fully saturated rings. The Morgan fingerprint density at radius 1 is 1.33 bits per heavy atom. The Morgan fingerprint density at radius 2 is 2.20 bits per heavy atom. The van der Waals surface area contributed by atoms with Crippen LogP contribution in [0, 0.1) is 0 Å². The molecule has 1 heteroatoms. The molecule has 0 saturated carbocycles. The van der Waals surface area contributed by atoms with Gasteiger partial charge < -0.3 is 0 Å². The van der Waals surface area contributed by atoms with E-state index < -0.39 is 0 Å². The number of carbonyl (C=O) groups is 1. The first-order valence-corrected chi connectivity index (χ1v) is 6.22. The Labute approximate surface area is 93.3 Å². The highest BCUT2D eigenvalue weighted by Gasteiger charge is 2.11. The Balaban J connectivity index is 2.18. The monoisotopic (exact) mass is 206 g/mol. The maximum atomic E-state index is 11.5. The molecule has 1 rings (SSSR count). The summed E-state index contributed by atoms with van der Waals surface area (Å²) < 4.78 is 0. The Morgan fingerprint density at radius 3 is 2.93 bits per heavy atom. The molecule has 0 aromatic carbocycles. The first-order chi connectivity index (χ1) is 7.34. The number of allylic oxidation sites excluding steroid dienone is 4. The van der Waals surface area contributed by atoms with Crippen LogP contribution in [0.3, 0.4) is 0 Å². The SMILES string of the molecule is CCCCC/C=C\CC1=CCCCC1=O. The van der Waals surface area contributed by atoms with E-state index in [1.54, 1.807) is 0 Å². The van der Waals surface area contributed by atoms with E-state index >= 15 is 0 Å². The van der Waals surface area contributed by atoms with Crippen molar-refractivity contribution in [1.29, 1.82) is 0 Å². The maximum absolute atomic E-state index is 11.5. The van der Waals surface area contributed by atoms with Gasteiger partial charge in [-0.1, -0.05) is 38.0 Å². The number of carbonyl (C=O) groups excluding carboxylic acids is 1. The highest BCUT2D eigenvalue weighted by molar-refractivity contribution is 5.96. The van der Waals surface area contributed by atoms with Gasteiger partial charge in [-0.3, -0.25) is 4.79 Å². The van der Waals surface area contributed by atoms with Gasteiger partial charge in [-0.05, 0) is 37.7 Å². The predicted molar refractivity (Wildman–Crippen MR) is 64.8 cm³/mol. The normalized spacial score (nSPS) is 17.1. The van der Waals surface area contributed by atoms with Crippen molar-refractivity contribution in [3.05, 3.63) is 23.8 Å². The van der Waals surface area contributed by atoms with Gasteiger partial charge in [-0.15, -0.1) is 0 Å². The van der Waals surface area contributed by atoms with Crippen LogP contribution in [-0.4, -0.2) is 5.78 Å². The van der Waals surface area contributed by atoms with Crippen LogP contribution in [0.15, 0.2) is 23.8 Å². The van der Waals surface area contributed by atoms with Gasteiger partial charge in [-0.2, -0.15) is 0 Å². The molecule has 1 nitrogen and oxygen atoms in total. The standard InChI is InChI=1S/C14H22O/c1-2-3-4-5-6-7-10-13-11-8-9-12-14(13)15/h6-7,11H,2-5,8-10,12H2,1H3/b7-6-. The fourth-order valence-electron chi connectivity index (χ4n) is 1.85. The fourth-order valence-corrected chi connectivity index (χ4v) is 1.85. The zero-order valence-electron chi connectivity index (χ0n) is 9.80. The first-order valence-electron chi connectivity index (χ1n) is 6.22. The van der Waals surface area contributed by atoms with Gasteiger partial charge in [0.2, 0.25) is 0 Å². The molecular formula is C14H22O. The number of ketones is 1. The lowest BCUT2D eigenvalue weighted by molar-refractivity contribution is -0.116. The summed E-state index contributed by atoms with van der Waals surface area (Å²) >= 11 is 0. The molecule has 1 aliphatic rings. The van der Waals surface area contributed by atoms with Crippen molar-refractivity contribution in [3.8, 4) is 0 Å². The van der Waals surface area contributed by atoms with Crippen LogP contribution >= 0.6 is 0 Å². The van der Waals surface area contributed by atoms with Crippen molar-refractivity contribution >= 4 is 5.78 Å². The van der Waals surface area contributed by atoms with Gasteiger partial charge in [0, 0.05) is 6.42 Å². The van der Waals surface area contributed by atoms with E-state index in [9.17, 15) is 4.79 Å². The van der Waals surface area contributed by atoms with Gasteiger partial charge in [0.1, 0.15) is 0 Å². The third-order valence-corrected chi connectivity index (χ3v) is 2.84. The van der Waals surface area contributed by atoms with E-state index in [-0.39, 0.29) is 0 Å². The van der Waals surface area contributed by atoms with E-state index in [1.807, 2.05) is 0 Å². The van der Waals surface area contributed by atoms with Crippen molar-refractivity contribution in [2.75, 3.05) is 0 Å². The average molecular weight is 206 g/mol. The van der Waals surface area contributed by atoms with Crippen LogP contribution in [0.1, 0.15) is 58.3 Å². The number of Topliss-reactive ketones (excluding diaryl/α,β-unsaturated/α-hetero) is 1. The molecule has 0 N–H and O–H groups in total. The second kappa shape index (κ2) is 7.44. The average Bonchev–Trinajstić information content (AvgIpc) is 2.25. The van der Waals surface area contributed by atoms with Crippen molar-refractivity contribution in [2.45, 2.75) is 58.3 Å². The third kappa shape index (κ3) is 4.96. The van der Waals surface area contributed by atoms with Crippen molar-refractivity contribution < 1.29 is 4.79 Å². The summed E-state index contributed by atoms with van der Waals surface area (Å²) in [6, 6.07) is 0. The highest BCUT2D eigenvalue weighted by atomic mass is 16.1. The molecular weight excluding hydrogens is 184 g/mol. The lowest BCUT2D eigenvalue weighted by Gasteiger charge is -2.08. The van der Waals surface area contributed by atoms with E-state index in [0.29, 0.717) is 5.78 Å². The first kappa shape index (κ1) is 12.2. The van der Waals surface area contributed by atoms with E-state index in [2.05, 4.69) is 25.2 Å². The van der Waals surface area contributed by atoms with Crippen LogP contribution in [0.25, 0.3) is 0 Å². The molecule has 1 aliphatic carbocycles. The fraction of sp³-hybridized carbons (Fsp3) is 0.643. The number of hydrogen-bond acceptors (Lipinski definition) is 1. The molecule has 0 aromatic rings. The minimum atomic E-state index is 0.361. The Bertz CT molecular complexity index is 248. The summed E-state index contributed by atoms with van der Waals surface area (Å²) in [5, 5.41) is 0. The smallest absolute Gasteiger partial charge is 0.158 e. The molecule has 0 saturated heterocycles. The van der Waals surface area contributed by atoms with E-state index in [0.717, 1.165) is 37.7 Å². The van der Waals surface area contributed by atoms with E-state index in [4.69, 9.17) is 0 Å². The number of unbranched alkanes of at least 4 members (excludes halogenated alkanes) is 3. The van der Waals surface area contributed by atoms with E-state index in [1.165, 1.54) is 19.3 Å². The van der Waals surface area contributed by atoms with Crippen LogP contribution in [-0.2, 0) is 4.79 Å². The van der Waals surface area contributed by atoms with Crippen molar-refractivity contribution in [1.82, 2.24) is 0 Å². The molecule has 0 unspecified atom stereocenters. The summed E-state index contributed by atoms with van der Waals surface area (Å²) in [5.41, 5.74) is 1.04. The van der Waals surface area contributed by atoms with Crippen LogP contribution in [0.4, 0.5) is 0 Å². The zero-order valence-corrected chi connectivity index (χ0v) is 9.80. The quantitative estimate of drug-likeness (QED) is 0.470. The second-order valence-corrected chi connectivity index (χ2v) is 4.22. The Kier molecular flexibility index (Phi) is 6.06. The molecule has 84 valence electrons. The van der Waals surface area contributed by atoms with Gasteiger partial charge in [-0.25, -0.2) is 0 Å². The molecule has 0 aromatic heterocycles. The highest BCUT2D eigenvalue weighted by Crippen LogP contribution is 2.17. The molecule has 0 heterocycles. The van der Waals surface area contributed by atoms with Crippen molar-refractivity contribution in [3.63, 3.8) is 0 Å². The molecule has 15 heavy (non-hydrogen) atoms. The lowest BCUT2D eigenvalue weighted by atomic mass is 9.95. The minimum Gasteiger partial charge on any atom is -0.295 e. The number of rotatable bonds is 6. The third-order valence-electron chi connectivity index (χ3n) is 2.84. The summed E-state index contributed by atoms with van der Waals surface area (Å²) in [6.07, 6.45) is 15.3. The second-order valence-electron chi connectivity index (χ2n) is 4.22. The molecule has 0 spiro atoms. The van der Waals surface area contributed by atoms with Crippen LogP contribution in [0.5, 0.6) is 0 Å². The number of hydrogen-bond donors (Lipinski definition) is 0. The van der Waals surface area contributed by atoms with Gasteiger partial charge in [0.05, 0.1) is 0 Å². The molecule has 0 amide bonds. The molecule has 0 atom stereocenters. The zero-order chi connectivity index (χ0) is 10.9. The maximum Gasteiger partial charge on any atom is 0.158 e. The molecule has 0 radical (unpaired) electrons. The largest absolute Gasteiger partial charge is 0.295 e. The lowest BCUT2D eigenvalue weighted by Crippen LogP contribution is -2.05. The minimum absolute atomic E-state index is 0.361.